The maximum absolute atomic E-state index is 5.45. The van der Waals surface area contributed by atoms with Crippen molar-refractivity contribution in [3.63, 3.8) is 0 Å². The van der Waals surface area contributed by atoms with Crippen molar-refractivity contribution in [3.8, 4) is 0 Å². The summed E-state index contributed by atoms with van der Waals surface area (Å²) >= 11 is 0. The fourth-order valence-electron chi connectivity index (χ4n) is 2.43. The molecule has 1 aliphatic rings. The van der Waals surface area contributed by atoms with Crippen molar-refractivity contribution in [3.05, 3.63) is 12.2 Å². The van der Waals surface area contributed by atoms with Gasteiger partial charge in [0.05, 0.1) is 6.61 Å². The number of hydrogen-bond acceptors (Lipinski definition) is 2. The van der Waals surface area contributed by atoms with Crippen LogP contribution in [0, 0.1) is 17.8 Å². The summed E-state index contributed by atoms with van der Waals surface area (Å²) in [6.07, 6.45) is 2.58. The molecule has 0 aliphatic heterocycles. The summed E-state index contributed by atoms with van der Waals surface area (Å²) in [5, 5.41) is 0. The van der Waals surface area contributed by atoms with Gasteiger partial charge in [0.25, 0.3) is 0 Å². The molecule has 0 unspecified atom stereocenters. The lowest BCUT2D eigenvalue weighted by molar-refractivity contribution is -0.0503. The summed E-state index contributed by atoms with van der Waals surface area (Å²) in [6, 6.07) is 0. The van der Waals surface area contributed by atoms with E-state index in [-0.39, 0.29) is 0 Å². The normalized spacial score (nSPS) is 32.1. The van der Waals surface area contributed by atoms with Gasteiger partial charge in [-0.15, -0.1) is 0 Å². The van der Waals surface area contributed by atoms with Crippen molar-refractivity contribution < 1.29 is 9.47 Å². The van der Waals surface area contributed by atoms with Crippen LogP contribution in [0.4, 0.5) is 0 Å². The third-order valence-electron chi connectivity index (χ3n) is 3.33. The summed E-state index contributed by atoms with van der Waals surface area (Å²) < 4.78 is 10.3. The van der Waals surface area contributed by atoms with Gasteiger partial charge in [-0.05, 0) is 37.5 Å². The molecular formula is C12H22O2. The van der Waals surface area contributed by atoms with Crippen LogP contribution < -0.4 is 0 Å². The van der Waals surface area contributed by atoms with Gasteiger partial charge in [-0.2, -0.15) is 0 Å². The Kier molecular flexibility index (Phi) is 4.63. The topological polar surface area (TPSA) is 18.5 Å². The van der Waals surface area contributed by atoms with E-state index in [1.165, 1.54) is 18.4 Å². The molecule has 0 aromatic carbocycles. The second kappa shape index (κ2) is 5.52. The highest BCUT2D eigenvalue weighted by Gasteiger charge is 2.33. The van der Waals surface area contributed by atoms with Crippen LogP contribution in [-0.4, -0.2) is 20.5 Å². The molecule has 1 rings (SSSR count). The molecule has 1 aliphatic carbocycles. The van der Waals surface area contributed by atoms with Crippen molar-refractivity contribution in [1.29, 1.82) is 0 Å². The summed E-state index contributed by atoms with van der Waals surface area (Å²) in [4.78, 5) is 0. The van der Waals surface area contributed by atoms with Crippen molar-refractivity contribution in [2.45, 2.75) is 26.7 Å². The predicted octanol–water partition coefficient (Wildman–Crippen LogP) is 2.85. The fraction of sp³-hybridized carbons (Fsp3) is 0.833. The molecule has 0 saturated heterocycles. The number of rotatable bonds is 5. The van der Waals surface area contributed by atoms with Gasteiger partial charge in [-0.1, -0.05) is 19.1 Å². The molecule has 0 N–H and O–H groups in total. The maximum atomic E-state index is 5.45. The lowest BCUT2D eigenvalue weighted by atomic mass is 9.87. The molecule has 82 valence electrons. The standard InChI is InChI=1S/C12H22O2/c1-9(2)11-6-5-10(3)12(11)7-14-8-13-4/h10-12H,1,5-8H2,2-4H3/t10-,11+,12-/m1/s1. The summed E-state index contributed by atoms with van der Waals surface area (Å²) in [5.74, 6) is 2.05. The molecule has 0 radical (unpaired) electrons. The number of methoxy groups -OCH3 is 1. The van der Waals surface area contributed by atoms with E-state index in [4.69, 9.17) is 9.47 Å². The summed E-state index contributed by atoms with van der Waals surface area (Å²) in [5.41, 5.74) is 1.31. The van der Waals surface area contributed by atoms with E-state index in [0.717, 1.165) is 12.5 Å². The Hall–Kier alpha value is -0.340. The first-order chi connectivity index (χ1) is 6.66. The largest absolute Gasteiger partial charge is 0.359 e. The average Bonchev–Trinajstić information content (AvgIpc) is 2.48. The minimum absolute atomic E-state index is 0.409. The molecule has 2 heteroatoms. The Morgan fingerprint density at radius 2 is 2.14 bits per heavy atom. The van der Waals surface area contributed by atoms with E-state index in [0.29, 0.717) is 18.6 Å². The molecule has 0 aromatic heterocycles. The van der Waals surface area contributed by atoms with E-state index in [1.54, 1.807) is 7.11 Å². The van der Waals surface area contributed by atoms with Gasteiger partial charge in [-0.25, -0.2) is 0 Å². The highest BCUT2D eigenvalue weighted by Crippen LogP contribution is 2.40. The van der Waals surface area contributed by atoms with Crippen LogP contribution in [0.5, 0.6) is 0 Å². The predicted molar refractivity (Wildman–Crippen MR) is 58.0 cm³/mol. The third-order valence-corrected chi connectivity index (χ3v) is 3.33. The summed E-state index contributed by atoms with van der Waals surface area (Å²) in [7, 11) is 1.66. The van der Waals surface area contributed by atoms with Gasteiger partial charge in [0.2, 0.25) is 0 Å². The van der Waals surface area contributed by atoms with Crippen molar-refractivity contribution >= 4 is 0 Å². The summed E-state index contributed by atoms with van der Waals surface area (Å²) in [6.45, 7) is 9.72. The van der Waals surface area contributed by atoms with Crippen molar-refractivity contribution in [2.75, 3.05) is 20.5 Å². The quantitative estimate of drug-likeness (QED) is 0.384. The zero-order chi connectivity index (χ0) is 10.6. The van der Waals surface area contributed by atoms with Crippen LogP contribution in [-0.2, 0) is 9.47 Å². The Morgan fingerprint density at radius 1 is 1.43 bits per heavy atom. The monoisotopic (exact) mass is 198 g/mol. The highest BCUT2D eigenvalue weighted by molar-refractivity contribution is 5.03. The van der Waals surface area contributed by atoms with Crippen LogP contribution in [0.3, 0.4) is 0 Å². The van der Waals surface area contributed by atoms with E-state index in [9.17, 15) is 0 Å². The van der Waals surface area contributed by atoms with E-state index < -0.39 is 0 Å². The van der Waals surface area contributed by atoms with Gasteiger partial charge in [-0.3, -0.25) is 0 Å². The first kappa shape index (κ1) is 11.7. The molecular weight excluding hydrogens is 176 g/mol. The zero-order valence-electron chi connectivity index (χ0n) is 9.58. The van der Waals surface area contributed by atoms with Crippen LogP contribution in [0.15, 0.2) is 12.2 Å². The van der Waals surface area contributed by atoms with Crippen LogP contribution in [0.1, 0.15) is 26.7 Å². The minimum atomic E-state index is 0.409. The van der Waals surface area contributed by atoms with Crippen molar-refractivity contribution in [2.24, 2.45) is 17.8 Å². The Morgan fingerprint density at radius 3 is 2.71 bits per heavy atom. The molecule has 0 aromatic rings. The number of ether oxygens (including phenoxy) is 2. The smallest absolute Gasteiger partial charge is 0.146 e. The minimum Gasteiger partial charge on any atom is -0.359 e. The number of allylic oxidation sites excluding steroid dienone is 1. The Balaban J connectivity index is 2.41. The van der Waals surface area contributed by atoms with Crippen LogP contribution in [0.25, 0.3) is 0 Å². The molecule has 0 spiro atoms. The molecule has 0 amide bonds. The third kappa shape index (κ3) is 2.82. The van der Waals surface area contributed by atoms with Gasteiger partial charge in [0.15, 0.2) is 0 Å². The fourth-order valence-corrected chi connectivity index (χ4v) is 2.43. The SMILES string of the molecule is C=C(C)[C@@H]1CC[C@@H](C)[C@H]1COCOC. The first-order valence-electron chi connectivity index (χ1n) is 5.39. The van der Waals surface area contributed by atoms with Gasteiger partial charge in [0.1, 0.15) is 6.79 Å². The molecule has 14 heavy (non-hydrogen) atoms. The molecule has 1 fully saturated rings. The lowest BCUT2D eigenvalue weighted by Gasteiger charge is -2.22. The van der Waals surface area contributed by atoms with Gasteiger partial charge < -0.3 is 9.47 Å². The van der Waals surface area contributed by atoms with E-state index in [1.807, 2.05) is 0 Å². The Labute approximate surface area is 87.3 Å². The average molecular weight is 198 g/mol. The number of hydrogen-bond donors (Lipinski definition) is 0. The van der Waals surface area contributed by atoms with Gasteiger partial charge in [0, 0.05) is 7.11 Å². The maximum Gasteiger partial charge on any atom is 0.146 e. The lowest BCUT2D eigenvalue weighted by Crippen LogP contribution is -2.20. The van der Waals surface area contributed by atoms with E-state index in [2.05, 4.69) is 20.4 Å². The molecule has 0 bridgehead atoms. The highest BCUT2D eigenvalue weighted by atomic mass is 16.7. The molecule has 1 saturated carbocycles. The second-order valence-electron chi connectivity index (χ2n) is 4.45. The molecule has 3 atom stereocenters. The van der Waals surface area contributed by atoms with Crippen LogP contribution in [0.2, 0.25) is 0 Å². The molecule has 2 nitrogen and oxygen atoms in total. The zero-order valence-corrected chi connectivity index (χ0v) is 9.58. The first-order valence-corrected chi connectivity index (χ1v) is 5.39. The van der Waals surface area contributed by atoms with Crippen molar-refractivity contribution in [1.82, 2.24) is 0 Å². The Bertz CT molecular complexity index is 189. The van der Waals surface area contributed by atoms with Crippen LogP contribution >= 0.6 is 0 Å². The molecule has 0 heterocycles. The van der Waals surface area contributed by atoms with E-state index >= 15 is 0 Å². The second-order valence-corrected chi connectivity index (χ2v) is 4.45. The van der Waals surface area contributed by atoms with Gasteiger partial charge >= 0.3 is 0 Å².